The van der Waals surface area contributed by atoms with Gasteiger partial charge in [0.15, 0.2) is 0 Å². The predicted octanol–water partition coefficient (Wildman–Crippen LogP) is 7.65. The van der Waals surface area contributed by atoms with E-state index in [9.17, 15) is 57.5 Å². The van der Waals surface area contributed by atoms with Crippen molar-refractivity contribution in [2.24, 2.45) is 10.8 Å². The topological polar surface area (TPSA) is 262 Å². The molecule has 0 atom stereocenters. The third-order valence-corrected chi connectivity index (χ3v) is 8.37. The molecule has 1 N–H and O–H groups in total. The highest BCUT2D eigenvalue weighted by atomic mass is 16.5. The van der Waals surface area contributed by atoms with Crippen molar-refractivity contribution >= 4 is 70.3 Å². The number of ketones is 7. The largest absolute Gasteiger partial charge is 0.481 e. The lowest BCUT2D eigenvalue weighted by Gasteiger charge is -2.18. The number of unbranched alkanes of at least 4 members (excludes halogenated alkanes) is 6. The van der Waals surface area contributed by atoms with Crippen LogP contribution in [0.1, 0.15) is 193 Å². The molecule has 0 bridgehead atoms. The first-order valence-corrected chi connectivity index (χ1v) is 22.0. The van der Waals surface area contributed by atoms with Crippen LogP contribution in [0.5, 0.6) is 0 Å². The zero-order chi connectivity index (χ0) is 50.9. The van der Waals surface area contributed by atoms with Gasteiger partial charge in [0.1, 0.15) is 70.6 Å². The fraction of sp³-hybridized carbons (Fsp3) is 0.745. The highest BCUT2D eigenvalue weighted by molar-refractivity contribution is 6.05. The van der Waals surface area contributed by atoms with Crippen molar-refractivity contribution in [3.05, 3.63) is 0 Å². The lowest BCUT2D eigenvalue weighted by atomic mass is 9.89. The van der Waals surface area contributed by atoms with Gasteiger partial charge < -0.3 is 24.1 Å². The SMILES string of the molecule is CC(=O)CC(=O)O.CC(=O)CC(C)=O.CCCCCOC(=O)C(C)(C)C(C)=O.CCCCCOC(=O)CC(C)=O.CCCCOC(=O)C1(C(C)=O)CC1.CCCCOC(=O)CC(C)=O. The number of carboxylic acid groups (broad SMARTS) is 1. The standard InChI is InChI=1S/C11H20O3.C10H16O3.C9H16O3.C8H14O3.C5H8O2.C4H6O3/c1-5-6-7-8-14-10(13)11(3,4)9(2)12;1-3-4-7-13-9(12)10(5-6-10)8(2)11;1-3-4-5-6-12-9(11)7-8(2)10;1-3-4-5-11-8(10)6-7(2)9;1-4(6)3-5(2)7;1-3(5)2-4(6)7/h5-8H2,1-4H3;3-7H2,1-2H3;3-7H2,1-2H3;3-6H2,1-2H3;3H2,1-2H3;2H2,1H3,(H,6,7). The summed E-state index contributed by atoms with van der Waals surface area (Å²) in [6.07, 6.45) is 10.7. The molecule has 17 heteroatoms. The minimum absolute atomic E-state index is 0.0472. The summed E-state index contributed by atoms with van der Waals surface area (Å²) in [5, 5.41) is 7.86. The Morgan fingerprint density at radius 1 is 0.453 bits per heavy atom. The molecule has 0 aromatic carbocycles. The molecule has 1 aliphatic rings. The van der Waals surface area contributed by atoms with E-state index in [0.717, 1.165) is 64.2 Å². The van der Waals surface area contributed by atoms with Gasteiger partial charge in [-0.1, -0.05) is 66.2 Å². The highest BCUT2D eigenvalue weighted by Crippen LogP contribution is 2.47. The maximum absolute atomic E-state index is 11.4. The predicted molar refractivity (Wildman–Crippen MR) is 239 cm³/mol. The van der Waals surface area contributed by atoms with Crippen LogP contribution in [0.4, 0.5) is 0 Å². The summed E-state index contributed by atoms with van der Waals surface area (Å²) < 4.78 is 19.6. The summed E-state index contributed by atoms with van der Waals surface area (Å²) in [4.78, 5) is 127. The van der Waals surface area contributed by atoms with Gasteiger partial charge >= 0.3 is 29.8 Å². The second-order valence-electron chi connectivity index (χ2n) is 15.8. The molecule has 0 heterocycles. The number of hydrogen-bond donors (Lipinski definition) is 1. The van der Waals surface area contributed by atoms with Gasteiger partial charge in [-0.25, -0.2) is 0 Å². The molecule has 370 valence electrons. The van der Waals surface area contributed by atoms with Crippen LogP contribution in [0.2, 0.25) is 0 Å². The minimum atomic E-state index is -1.06. The lowest BCUT2D eigenvalue weighted by molar-refractivity contribution is -0.158. The second-order valence-corrected chi connectivity index (χ2v) is 15.8. The Morgan fingerprint density at radius 3 is 1.03 bits per heavy atom. The number of hydrogen-bond acceptors (Lipinski definition) is 16. The van der Waals surface area contributed by atoms with E-state index in [4.69, 9.17) is 24.1 Å². The van der Waals surface area contributed by atoms with Crippen molar-refractivity contribution in [3.63, 3.8) is 0 Å². The van der Waals surface area contributed by atoms with Gasteiger partial charge in [0.2, 0.25) is 0 Å². The van der Waals surface area contributed by atoms with Crippen molar-refractivity contribution in [2.75, 3.05) is 26.4 Å². The van der Waals surface area contributed by atoms with Crippen molar-refractivity contribution < 1.29 is 81.6 Å². The third-order valence-electron chi connectivity index (χ3n) is 8.37. The number of rotatable bonds is 26. The van der Waals surface area contributed by atoms with E-state index in [1.807, 2.05) is 13.8 Å². The van der Waals surface area contributed by atoms with Gasteiger partial charge in [-0.05, 0) is 101 Å². The number of esters is 4. The van der Waals surface area contributed by atoms with Gasteiger partial charge in [-0.3, -0.25) is 57.5 Å². The molecule has 0 radical (unpaired) electrons. The first-order valence-electron chi connectivity index (χ1n) is 22.0. The molecule has 0 aromatic rings. The van der Waals surface area contributed by atoms with Crippen LogP contribution in [-0.2, 0) is 76.5 Å². The summed E-state index contributed by atoms with van der Waals surface area (Å²) in [5.74, 6) is -3.53. The van der Waals surface area contributed by atoms with Crippen molar-refractivity contribution in [1.29, 1.82) is 0 Å². The van der Waals surface area contributed by atoms with Crippen molar-refractivity contribution in [2.45, 2.75) is 193 Å². The van der Waals surface area contributed by atoms with Crippen LogP contribution < -0.4 is 0 Å². The molecule has 1 aliphatic carbocycles. The van der Waals surface area contributed by atoms with Gasteiger partial charge in [0, 0.05) is 0 Å². The van der Waals surface area contributed by atoms with Gasteiger partial charge in [-0.15, -0.1) is 0 Å². The number of ether oxygens (including phenoxy) is 4. The Morgan fingerprint density at radius 2 is 0.781 bits per heavy atom. The van der Waals surface area contributed by atoms with E-state index >= 15 is 0 Å². The maximum atomic E-state index is 11.4. The summed E-state index contributed by atoms with van der Waals surface area (Å²) in [6, 6.07) is 0. The maximum Gasteiger partial charge on any atom is 0.319 e. The van der Waals surface area contributed by atoms with E-state index in [-0.39, 0.29) is 72.1 Å². The van der Waals surface area contributed by atoms with E-state index in [0.29, 0.717) is 39.3 Å². The number of aliphatic carboxylic acids is 1. The number of carboxylic acids is 1. The zero-order valence-electron chi connectivity index (χ0n) is 41.1. The smallest absolute Gasteiger partial charge is 0.319 e. The second kappa shape index (κ2) is 42.0. The molecular weight excluding hydrogens is 836 g/mol. The average Bonchev–Trinajstić information content (AvgIpc) is 3.98. The average molecular weight is 917 g/mol. The Kier molecular flexibility index (Phi) is 44.7. The minimum Gasteiger partial charge on any atom is -0.481 e. The molecule has 0 aromatic heterocycles. The number of carbonyl (C=O) groups is 12. The summed E-state index contributed by atoms with van der Waals surface area (Å²) in [5.41, 5.74) is -1.74. The third kappa shape index (κ3) is 46.5. The molecule has 1 rings (SSSR count). The van der Waals surface area contributed by atoms with Gasteiger partial charge in [0.05, 0.1) is 32.8 Å². The Bertz CT molecular complexity index is 1400. The van der Waals surface area contributed by atoms with E-state index in [1.54, 1.807) is 13.8 Å². The van der Waals surface area contributed by atoms with Crippen LogP contribution in [-0.4, -0.2) is 102 Å². The fourth-order valence-corrected chi connectivity index (χ4v) is 4.05. The van der Waals surface area contributed by atoms with E-state index in [1.165, 1.54) is 48.5 Å². The molecule has 64 heavy (non-hydrogen) atoms. The lowest BCUT2D eigenvalue weighted by Crippen LogP contribution is -2.33. The van der Waals surface area contributed by atoms with E-state index in [2.05, 4.69) is 13.8 Å². The van der Waals surface area contributed by atoms with E-state index < -0.39 is 34.7 Å². The molecule has 0 aliphatic heterocycles. The Labute approximate surface area is 381 Å². The summed E-state index contributed by atoms with van der Waals surface area (Å²) >= 11 is 0. The first kappa shape index (κ1) is 68.1. The zero-order valence-corrected chi connectivity index (χ0v) is 41.1. The normalized spacial score (nSPS) is 11.3. The van der Waals surface area contributed by atoms with Crippen molar-refractivity contribution in [3.8, 4) is 0 Å². The van der Waals surface area contributed by atoms with Gasteiger partial charge in [-0.2, -0.15) is 0 Å². The molecule has 0 saturated heterocycles. The van der Waals surface area contributed by atoms with Crippen LogP contribution in [0.15, 0.2) is 0 Å². The Hall–Kier alpha value is -4.96. The molecule has 0 unspecified atom stereocenters. The Balaban J connectivity index is -0.000000221. The van der Waals surface area contributed by atoms with Crippen molar-refractivity contribution in [1.82, 2.24) is 0 Å². The van der Waals surface area contributed by atoms with Crippen LogP contribution >= 0.6 is 0 Å². The molecule has 1 fully saturated rings. The fourth-order valence-electron chi connectivity index (χ4n) is 4.05. The van der Waals surface area contributed by atoms with Crippen LogP contribution in [0.25, 0.3) is 0 Å². The first-order chi connectivity index (χ1) is 29.6. The summed E-state index contributed by atoms with van der Waals surface area (Å²) in [6.45, 7) is 22.8. The highest BCUT2D eigenvalue weighted by Gasteiger charge is 2.55. The number of carbonyl (C=O) groups excluding carboxylic acids is 11. The quantitative estimate of drug-likeness (QED) is 0.0378. The molecule has 1 saturated carbocycles. The van der Waals surface area contributed by atoms with Gasteiger partial charge in [0.25, 0.3) is 0 Å². The summed E-state index contributed by atoms with van der Waals surface area (Å²) in [7, 11) is 0. The monoisotopic (exact) mass is 917 g/mol. The van der Waals surface area contributed by atoms with Crippen LogP contribution in [0.3, 0.4) is 0 Å². The molecule has 17 nitrogen and oxygen atoms in total. The molecule has 0 amide bonds. The molecular formula is C47H80O17. The number of Topliss-reactive ketones (excluding diaryl/α,β-unsaturated/α-hetero) is 7. The molecule has 0 spiro atoms. The van der Waals surface area contributed by atoms with Crippen LogP contribution in [0, 0.1) is 10.8 Å².